The van der Waals surface area contributed by atoms with Gasteiger partial charge >= 0.3 is 0 Å². The first kappa shape index (κ1) is 29.1. The van der Waals surface area contributed by atoms with E-state index in [2.05, 4.69) is 86.5 Å². The topological polar surface area (TPSA) is 33.8 Å². The highest BCUT2D eigenvalue weighted by molar-refractivity contribution is 5.63. The molecular formula is C29H48N4O2. The van der Waals surface area contributed by atoms with Gasteiger partial charge in [0.05, 0.1) is 24.5 Å². The second-order valence-electron chi connectivity index (χ2n) is 9.04. The van der Waals surface area contributed by atoms with Crippen LogP contribution in [0.1, 0.15) is 33.1 Å². The molecule has 2 aromatic carbocycles. The molecule has 0 radical (unpaired) electrons. The van der Waals surface area contributed by atoms with Gasteiger partial charge in [0.2, 0.25) is 0 Å². The highest BCUT2D eigenvalue weighted by atomic mass is 16.5. The van der Waals surface area contributed by atoms with Crippen molar-refractivity contribution in [3.8, 4) is 0 Å². The molecule has 0 spiro atoms. The van der Waals surface area contributed by atoms with E-state index in [9.17, 15) is 0 Å². The first-order chi connectivity index (χ1) is 17.0. The number of ether oxygens (including phenoxy) is 2. The standard InChI is InChI=1S/C29H48N4O2/c1-7-34-24-14-22-32(5)28-18-11-9-16-26(28)30(3)20-13-21-31(4)27-17-10-12-19-29(27)33(6)23-15-25-35-8-2/h9-12,16-19,30-31H,3-4,7-8,13-15,20-25H2,1-2,5-6H3. The molecule has 0 heterocycles. The Bertz CT molecular complexity index is 764. The number of rotatable bonds is 18. The van der Waals surface area contributed by atoms with E-state index in [0.29, 0.717) is 0 Å². The average molecular weight is 485 g/mol. The maximum Gasteiger partial charge on any atom is 0.128 e. The summed E-state index contributed by atoms with van der Waals surface area (Å²) in [6, 6.07) is 17.2. The number of hydrogen-bond donors (Lipinski definition) is 2. The van der Waals surface area contributed by atoms with Crippen LogP contribution in [0.25, 0.3) is 0 Å². The fourth-order valence-corrected chi connectivity index (χ4v) is 4.33. The van der Waals surface area contributed by atoms with Crippen molar-refractivity contribution in [2.75, 3.05) is 76.5 Å². The summed E-state index contributed by atoms with van der Waals surface area (Å²) in [7, 11) is 13.2. The zero-order valence-corrected chi connectivity index (χ0v) is 22.5. The number of quaternary nitrogens is 2. The molecule has 0 bridgehead atoms. The molecule has 0 saturated carbocycles. The Hall–Kier alpha value is -2.12. The Labute approximate surface area is 214 Å². The lowest BCUT2D eigenvalue weighted by molar-refractivity contribution is -0.805. The van der Waals surface area contributed by atoms with Crippen LogP contribution >= 0.6 is 0 Å². The molecule has 35 heavy (non-hydrogen) atoms. The largest absolute Gasteiger partial charge is 0.433 e. The van der Waals surface area contributed by atoms with Crippen LogP contribution in [-0.4, -0.2) is 66.7 Å². The van der Waals surface area contributed by atoms with Crippen LogP contribution in [0.2, 0.25) is 0 Å². The summed E-state index contributed by atoms with van der Waals surface area (Å²) in [4.78, 5) is 7.00. The van der Waals surface area contributed by atoms with Crippen LogP contribution in [0, 0.1) is 14.1 Å². The second kappa shape index (κ2) is 16.5. The van der Waals surface area contributed by atoms with Crippen LogP contribution in [0.15, 0.2) is 48.5 Å². The average Bonchev–Trinajstić information content (AvgIpc) is 2.88. The van der Waals surface area contributed by atoms with Gasteiger partial charge in [-0.3, -0.25) is 0 Å². The molecule has 0 aliphatic carbocycles. The molecule has 6 heteroatoms. The molecular weight excluding hydrogens is 436 g/mol. The predicted octanol–water partition coefficient (Wildman–Crippen LogP) is 3.12. The molecule has 2 unspecified atom stereocenters. The van der Waals surface area contributed by atoms with Gasteiger partial charge in [0.1, 0.15) is 11.4 Å². The van der Waals surface area contributed by atoms with E-state index in [1.54, 1.807) is 0 Å². The summed E-state index contributed by atoms with van der Waals surface area (Å²) >= 11 is 0. The van der Waals surface area contributed by atoms with Gasteiger partial charge in [-0.05, 0) is 51.0 Å². The zero-order chi connectivity index (χ0) is 25.5. The summed E-state index contributed by atoms with van der Waals surface area (Å²) in [6.45, 7) is 11.1. The molecule has 6 nitrogen and oxygen atoms in total. The lowest BCUT2D eigenvalue weighted by Crippen LogP contribution is -3.05. The third-order valence-electron chi connectivity index (χ3n) is 6.32. The first-order valence-corrected chi connectivity index (χ1v) is 13.1. The van der Waals surface area contributed by atoms with Crippen LogP contribution in [-0.2, 0) is 9.47 Å². The normalized spacial score (nSPS) is 13.0. The summed E-state index contributed by atoms with van der Waals surface area (Å²) < 4.78 is 11.0. The minimum absolute atomic E-state index is 0.775. The molecule has 0 aromatic heterocycles. The maximum atomic E-state index is 5.50. The smallest absolute Gasteiger partial charge is 0.128 e. The van der Waals surface area contributed by atoms with Gasteiger partial charge in [-0.15, -0.1) is 14.1 Å². The van der Waals surface area contributed by atoms with Crippen molar-refractivity contribution in [1.29, 1.82) is 0 Å². The molecule has 2 aromatic rings. The van der Waals surface area contributed by atoms with Gasteiger partial charge in [0, 0.05) is 60.0 Å². The quantitative estimate of drug-likeness (QED) is 0.252. The van der Waals surface area contributed by atoms with Crippen molar-refractivity contribution >= 4 is 22.7 Å². The molecule has 0 amide bonds. The molecule has 0 saturated heterocycles. The Morgan fingerprint density at radius 1 is 0.657 bits per heavy atom. The van der Waals surface area contributed by atoms with E-state index in [1.807, 2.05) is 13.8 Å². The van der Waals surface area contributed by atoms with Gasteiger partial charge in [-0.25, -0.2) is 0 Å². The maximum absolute atomic E-state index is 5.50. The number of para-hydroxylation sites is 4. The predicted molar refractivity (Wildman–Crippen MR) is 148 cm³/mol. The minimum Gasteiger partial charge on any atom is -0.433 e. The van der Waals surface area contributed by atoms with E-state index in [1.165, 1.54) is 32.5 Å². The van der Waals surface area contributed by atoms with Crippen molar-refractivity contribution in [3.05, 3.63) is 62.6 Å². The summed E-state index contributed by atoms with van der Waals surface area (Å²) in [5.74, 6) is 0. The number of nitrogens with one attached hydrogen (secondary N) is 2. The lowest BCUT2D eigenvalue weighted by Gasteiger charge is -2.30. The highest BCUT2D eigenvalue weighted by Crippen LogP contribution is 2.22. The molecule has 196 valence electrons. The third kappa shape index (κ3) is 9.80. The monoisotopic (exact) mass is 484 g/mol. The molecule has 0 fully saturated rings. The van der Waals surface area contributed by atoms with Gasteiger partial charge in [0.15, 0.2) is 0 Å². The second-order valence-corrected chi connectivity index (χ2v) is 9.04. The van der Waals surface area contributed by atoms with Crippen molar-refractivity contribution in [1.82, 2.24) is 0 Å². The highest BCUT2D eigenvalue weighted by Gasteiger charge is 2.15. The van der Waals surface area contributed by atoms with Gasteiger partial charge in [-0.1, -0.05) is 24.3 Å². The lowest BCUT2D eigenvalue weighted by atomic mass is 10.2. The Morgan fingerprint density at radius 3 is 1.46 bits per heavy atom. The van der Waals surface area contributed by atoms with Gasteiger partial charge in [-0.2, -0.15) is 0 Å². The van der Waals surface area contributed by atoms with E-state index in [0.717, 1.165) is 71.9 Å². The van der Waals surface area contributed by atoms with Crippen LogP contribution < -0.4 is 19.6 Å². The number of benzene rings is 2. The molecule has 2 atom stereocenters. The van der Waals surface area contributed by atoms with Crippen LogP contribution in [0.4, 0.5) is 22.7 Å². The summed E-state index contributed by atoms with van der Waals surface area (Å²) in [6.07, 6.45) is 3.07. The van der Waals surface area contributed by atoms with E-state index in [4.69, 9.17) is 9.47 Å². The summed E-state index contributed by atoms with van der Waals surface area (Å²) in [5.41, 5.74) is 4.97. The third-order valence-corrected chi connectivity index (χ3v) is 6.32. The molecule has 0 aliphatic rings. The van der Waals surface area contributed by atoms with Crippen molar-refractivity contribution in [2.45, 2.75) is 33.1 Å². The van der Waals surface area contributed by atoms with Crippen LogP contribution in [0.5, 0.6) is 0 Å². The Balaban J connectivity index is 1.91. The number of nitrogens with zero attached hydrogens (tertiary/aromatic N) is 2. The summed E-state index contributed by atoms with van der Waals surface area (Å²) in [5, 5.41) is 0. The molecule has 2 N–H and O–H groups in total. The van der Waals surface area contributed by atoms with Gasteiger partial charge in [0.25, 0.3) is 0 Å². The van der Waals surface area contributed by atoms with Crippen LogP contribution in [0.3, 0.4) is 0 Å². The fraction of sp³-hybridized carbons (Fsp3) is 0.517. The van der Waals surface area contributed by atoms with Crippen molar-refractivity contribution < 1.29 is 19.3 Å². The van der Waals surface area contributed by atoms with Crippen molar-refractivity contribution in [2.24, 2.45) is 0 Å². The first-order valence-electron chi connectivity index (χ1n) is 13.1. The molecule has 0 aliphatic heterocycles. The van der Waals surface area contributed by atoms with Gasteiger partial charge < -0.3 is 29.1 Å². The Morgan fingerprint density at radius 2 is 1.06 bits per heavy atom. The molecule has 2 rings (SSSR count). The van der Waals surface area contributed by atoms with E-state index in [-0.39, 0.29) is 0 Å². The fourth-order valence-electron chi connectivity index (χ4n) is 4.33. The zero-order valence-electron chi connectivity index (χ0n) is 22.5. The Kier molecular flexibility index (Phi) is 13.8. The minimum atomic E-state index is 0.775. The number of hydrogen-bond acceptors (Lipinski definition) is 4. The SMILES string of the molecule is [CH2-][NH+](CCC[NH+]([CH2-])c1ccccc1N(C)CCCOCC)c1ccccc1N(C)CCCOCC. The number of anilines is 2. The van der Waals surface area contributed by atoms with Crippen molar-refractivity contribution in [3.63, 3.8) is 0 Å². The van der Waals surface area contributed by atoms with E-state index >= 15 is 0 Å². The van der Waals surface area contributed by atoms with E-state index < -0.39 is 0 Å².